The number of benzene rings is 3. The number of imidazole rings is 1. The van der Waals surface area contributed by atoms with Crippen LogP contribution in [0.15, 0.2) is 97.5 Å². The molecule has 1 N–H and O–H groups in total. The standard InChI is InChI=1S/C38H43F3N6O3/c1-44(27-33-25-42-28-43-33)18-19-45(2)37(49)35(24-30-6-4-3-5-7-30)47(26-31-10-15-34(16-11-31)46-20-22-50-23-21-46)36(48)17-12-29-8-13-32(14-9-29)38(39,40)41/h3-17,25,28,35H,18-24,26-27H2,1-2H3,(H,42,43)/b17-12+/t35-/m0/s1. The summed E-state index contributed by atoms with van der Waals surface area (Å²) in [6.45, 7) is 4.68. The lowest BCUT2D eigenvalue weighted by atomic mass is 10.0. The van der Waals surface area contributed by atoms with Crippen molar-refractivity contribution in [3.63, 3.8) is 0 Å². The molecule has 5 rings (SSSR count). The fraction of sp³-hybridized carbons (Fsp3) is 0.342. The van der Waals surface area contributed by atoms with Crippen molar-refractivity contribution in [3.05, 3.63) is 125 Å². The van der Waals surface area contributed by atoms with Gasteiger partial charge in [-0.25, -0.2) is 4.98 Å². The summed E-state index contributed by atoms with van der Waals surface area (Å²) < 4.78 is 44.9. The molecule has 264 valence electrons. The molecule has 0 radical (unpaired) electrons. The Kier molecular flexibility index (Phi) is 12.5. The van der Waals surface area contributed by atoms with Crippen LogP contribution in [-0.4, -0.2) is 96.0 Å². The highest BCUT2D eigenvalue weighted by molar-refractivity contribution is 5.95. The van der Waals surface area contributed by atoms with Gasteiger partial charge in [-0.3, -0.25) is 14.5 Å². The number of aromatic amines is 1. The Labute approximate surface area is 291 Å². The molecule has 2 amide bonds. The van der Waals surface area contributed by atoms with Crippen molar-refractivity contribution < 1.29 is 27.5 Å². The lowest BCUT2D eigenvalue weighted by Gasteiger charge is -2.34. The Morgan fingerprint density at radius 3 is 2.26 bits per heavy atom. The second kappa shape index (κ2) is 17.1. The van der Waals surface area contributed by atoms with E-state index in [1.54, 1.807) is 29.4 Å². The van der Waals surface area contributed by atoms with Crippen LogP contribution in [0.4, 0.5) is 18.9 Å². The van der Waals surface area contributed by atoms with E-state index in [9.17, 15) is 22.8 Å². The molecule has 1 atom stereocenters. The fourth-order valence-corrected chi connectivity index (χ4v) is 5.81. The first kappa shape index (κ1) is 36.3. The number of aromatic nitrogens is 2. The van der Waals surface area contributed by atoms with Crippen LogP contribution in [0.2, 0.25) is 0 Å². The third kappa shape index (κ3) is 10.3. The molecule has 0 aliphatic carbocycles. The van der Waals surface area contributed by atoms with Crippen LogP contribution in [0.5, 0.6) is 0 Å². The number of hydrogen-bond acceptors (Lipinski definition) is 6. The molecule has 1 aliphatic heterocycles. The minimum atomic E-state index is -4.46. The topological polar surface area (TPSA) is 85.0 Å². The lowest BCUT2D eigenvalue weighted by molar-refractivity contribution is -0.143. The SMILES string of the molecule is CN(CCN(C)C(=O)[C@H](Cc1ccccc1)N(Cc1ccc(N2CCOCC2)cc1)C(=O)/C=C/c1ccc(C(F)(F)F)cc1)Cc1cnc[nH]1. The zero-order valence-corrected chi connectivity index (χ0v) is 28.4. The van der Waals surface area contributed by atoms with Crippen LogP contribution in [0.3, 0.4) is 0 Å². The van der Waals surface area contributed by atoms with E-state index in [4.69, 9.17) is 4.74 Å². The van der Waals surface area contributed by atoms with Crippen LogP contribution in [0, 0.1) is 0 Å². The molecule has 0 saturated carbocycles. The molecule has 0 bridgehead atoms. The number of alkyl halides is 3. The van der Waals surface area contributed by atoms with E-state index in [2.05, 4.69) is 19.8 Å². The average Bonchev–Trinajstić information content (AvgIpc) is 3.64. The molecule has 4 aromatic rings. The van der Waals surface area contributed by atoms with Crippen molar-refractivity contribution in [1.29, 1.82) is 0 Å². The maximum Gasteiger partial charge on any atom is 0.416 e. The number of halogens is 3. The van der Waals surface area contributed by atoms with Gasteiger partial charge in [0.2, 0.25) is 11.8 Å². The van der Waals surface area contributed by atoms with Crippen molar-refractivity contribution in [2.24, 2.45) is 0 Å². The van der Waals surface area contributed by atoms with Crippen LogP contribution >= 0.6 is 0 Å². The predicted octanol–water partition coefficient (Wildman–Crippen LogP) is 5.51. The highest BCUT2D eigenvalue weighted by atomic mass is 19.4. The van der Waals surface area contributed by atoms with E-state index < -0.39 is 23.7 Å². The number of carbonyl (C=O) groups excluding carboxylic acids is 2. The van der Waals surface area contributed by atoms with Gasteiger partial charge in [0, 0.05) is 76.4 Å². The van der Waals surface area contributed by atoms with E-state index >= 15 is 0 Å². The molecule has 50 heavy (non-hydrogen) atoms. The first-order valence-electron chi connectivity index (χ1n) is 16.6. The normalized spacial score (nSPS) is 14.2. The Hall–Kier alpha value is -4.94. The van der Waals surface area contributed by atoms with Crippen LogP contribution in [0.1, 0.15) is 27.9 Å². The lowest BCUT2D eigenvalue weighted by Crippen LogP contribution is -2.51. The van der Waals surface area contributed by atoms with Crippen LogP contribution in [0.25, 0.3) is 6.08 Å². The minimum Gasteiger partial charge on any atom is -0.378 e. The van der Waals surface area contributed by atoms with Gasteiger partial charge in [0.05, 0.1) is 25.1 Å². The average molecular weight is 689 g/mol. The van der Waals surface area contributed by atoms with Crippen molar-refractivity contribution in [3.8, 4) is 0 Å². The third-order valence-corrected chi connectivity index (χ3v) is 8.73. The number of nitrogens with zero attached hydrogens (tertiary/aromatic N) is 5. The molecule has 0 spiro atoms. The van der Waals surface area contributed by atoms with Gasteiger partial charge in [0.15, 0.2) is 0 Å². The molecule has 1 aromatic heterocycles. The molecule has 1 fully saturated rings. The zero-order valence-electron chi connectivity index (χ0n) is 28.4. The highest BCUT2D eigenvalue weighted by Gasteiger charge is 2.32. The van der Waals surface area contributed by atoms with E-state index in [1.165, 1.54) is 24.3 Å². The van der Waals surface area contributed by atoms with Crippen molar-refractivity contribution in [2.45, 2.75) is 31.7 Å². The Bertz CT molecular complexity index is 1670. The number of H-pyrrole nitrogens is 1. The molecule has 2 heterocycles. The van der Waals surface area contributed by atoms with Crippen LogP contribution in [-0.2, 0) is 40.0 Å². The summed E-state index contributed by atoms with van der Waals surface area (Å²) in [5.41, 5.74) is 3.40. The van der Waals surface area contributed by atoms with E-state index in [1.807, 2.05) is 61.6 Å². The predicted molar refractivity (Wildman–Crippen MR) is 187 cm³/mol. The molecule has 0 unspecified atom stereocenters. The fourth-order valence-electron chi connectivity index (χ4n) is 5.81. The van der Waals surface area contributed by atoms with Gasteiger partial charge >= 0.3 is 6.18 Å². The second-order valence-electron chi connectivity index (χ2n) is 12.5. The van der Waals surface area contributed by atoms with Gasteiger partial charge in [-0.15, -0.1) is 0 Å². The third-order valence-electron chi connectivity index (χ3n) is 8.73. The summed E-state index contributed by atoms with van der Waals surface area (Å²) in [6, 6.07) is 21.2. The maximum absolute atomic E-state index is 14.3. The summed E-state index contributed by atoms with van der Waals surface area (Å²) >= 11 is 0. The van der Waals surface area contributed by atoms with Gasteiger partial charge in [0.1, 0.15) is 6.04 Å². The summed E-state index contributed by atoms with van der Waals surface area (Å²) in [4.78, 5) is 43.1. The summed E-state index contributed by atoms with van der Waals surface area (Å²) in [5.74, 6) is -0.647. The molecular formula is C38H43F3N6O3. The maximum atomic E-state index is 14.3. The van der Waals surface area contributed by atoms with E-state index in [0.717, 1.165) is 47.7 Å². The van der Waals surface area contributed by atoms with Gasteiger partial charge in [0.25, 0.3) is 0 Å². The summed E-state index contributed by atoms with van der Waals surface area (Å²) in [7, 11) is 3.70. The number of hydrogen-bond donors (Lipinski definition) is 1. The van der Waals surface area contributed by atoms with Crippen LogP contribution < -0.4 is 4.90 Å². The number of amides is 2. The number of likely N-dealkylation sites (N-methyl/N-ethyl adjacent to an activating group) is 2. The summed E-state index contributed by atoms with van der Waals surface area (Å²) in [6.07, 6.45) is 2.01. The summed E-state index contributed by atoms with van der Waals surface area (Å²) in [5, 5.41) is 0. The highest BCUT2D eigenvalue weighted by Crippen LogP contribution is 2.29. The number of rotatable bonds is 14. The first-order valence-corrected chi connectivity index (χ1v) is 16.6. The zero-order chi connectivity index (χ0) is 35.5. The number of nitrogens with one attached hydrogen (secondary N) is 1. The molecule has 3 aromatic carbocycles. The van der Waals surface area contributed by atoms with Gasteiger partial charge in [-0.05, 0) is 54.1 Å². The number of ether oxygens (including phenoxy) is 1. The van der Waals surface area contributed by atoms with Gasteiger partial charge < -0.3 is 24.4 Å². The largest absolute Gasteiger partial charge is 0.416 e. The molecule has 12 heteroatoms. The number of morpholine rings is 1. The molecule has 9 nitrogen and oxygen atoms in total. The second-order valence-corrected chi connectivity index (χ2v) is 12.5. The Balaban J connectivity index is 1.41. The van der Waals surface area contributed by atoms with E-state index in [0.29, 0.717) is 38.4 Å². The van der Waals surface area contributed by atoms with Crippen molar-refractivity contribution >= 4 is 23.6 Å². The minimum absolute atomic E-state index is 0.149. The van der Waals surface area contributed by atoms with Crippen molar-refractivity contribution in [1.82, 2.24) is 24.7 Å². The smallest absolute Gasteiger partial charge is 0.378 e. The number of anilines is 1. The molecule has 1 aliphatic rings. The van der Waals surface area contributed by atoms with Gasteiger partial charge in [-0.2, -0.15) is 13.2 Å². The Morgan fingerprint density at radius 1 is 0.920 bits per heavy atom. The quantitative estimate of drug-likeness (QED) is 0.176. The number of carbonyl (C=O) groups is 2. The Morgan fingerprint density at radius 2 is 1.62 bits per heavy atom. The van der Waals surface area contributed by atoms with Gasteiger partial charge in [-0.1, -0.05) is 54.6 Å². The molecular weight excluding hydrogens is 645 g/mol. The first-order chi connectivity index (χ1) is 24.1. The van der Waals surface area contributed by atoms with Crippen molar-refractivity contribution in [2.75, 3.05) is 58.4 Å². The van der Waals surface area contributed by atoms with E-state index in [-0.39, 0.29) is 18.9 Å². The monoisotopic (exact) mass is 688 g/mol. The molecule has 1 saturated heterocycles.